The van der Waals surface area contributed by atoms with Gasteiger partial charge in [-0.15, -0.1) is 34.3 Å². The van der Waals surface area contributed by atoms with Crippen molar-refractivity contribution in [3.8, 4) is 0 Å². The van der Waals surface area contributed by atoms with E-state index >= 15 is 0 Å². The highest BCUT2D eigenvalue weighted by atomic mass is 79.9. The number of alkyl halides is 1. The molecule has 0 aromatic carbocycles. The second-order valence-electron chi connectivity index (χ2n) is 4.30. The molecule has 0 spiro atoms. The van der Waals surface area contributed by atoms with Gasteiger partial charge in [-0.25, -0.2) is 0 Å². The first-order chi connectivity index (χ1) is 8.25. The van der Waals surface area contributed by atoms with E-state index in [1.807, 2.05) is 11.3 Å². The zero-order valence-corrected chi connectivity index (χ0v) is 13.2. The van der Waals surface area contributed by atoms with E-state index in [0.29, 0.717) is 0 Å². The highest BCUT2D eigenvalue weighted by Crippen LogP contribution is 2.42. The Morgan fingerprint density at radius 3 is 2.82 bits per heavy atom. The Bertz CT molecular complexity index is 506. The van der Waals surface area contributed by atoms with E-state index in [1.165, 1.54) is 41.0 Å². The first-order valence-electron chi connectivity index (χ1n) is 5.74. The van der Waals surface area contributed by atoms with Crippen LogP contribution in [0.4, 0.5) is 0 Å². The molecule has 0 nitrogen and oxygen atoms in total. The van der Waals surface area contributed by atoms with Crippen LogP contribution in [-0.2, 0) is 12.8 Å². The van der Waals surface area contributed by atoms with Crippen LogP contribution in [0, 0.1) is 0 Å². The average molecular weight is 348 g/mol. The number of halogens is 2. The lowest BCUT2D eigenvalue weighted by atomic mass is 9.99. The van der Waals surface area contributed by atoms with Crippen molar-refractivity contribution < 1.29 is 0 Å². The Morgan fingerprint density at radius 1 is 1.29 bits per heavy atom. The van der Waals surface area contributed by atoms with E-state index < -0.39 is 0 Å². The monoisotopic (exact) mass is 346 g/mol. The summed E-state index contributed by atoms with van der Waals surface area (Å²) in [6.45, 7) is 0. The van der Waals surface area contributed by atoms with E-state index in [2.05, 4.69) is 33.4 Å². The molecule has 1 aliphatic rings. The predicted octanol–water partition coefficient (Wildman–Crippen LogP) is 5.78. The van der Waals surface area contributed by atoms with Crippen LogP contribution < -0.4 is 0 Å². The van der Waals surface area contributed by atoms with Gasteiger partial charge in [-0.3, -0.25) is 0 Å². The molecule has 0 saturated carbocycles. The van der Waals surface area contributed by atoms with Crippen molar-refractivity contribution in [2.24, 2.45) is 0 Å². The van der Waals surface area contributed by atoms with Gasteiger partial charge in [0.25, 0.3) is 0 Å². The number of thiophene rings is 2. The normalized spacial score (nSPS) is 16.8. The lowest BCUT2D eigenvalue weighted by Gasteiger charge is -2.08. The Hall–Kier alpha value is 0.170. The fourth-order valence-corrected chi connectivity index (χ4v) is 5.77. The van der Waals surface area contributed by atoms with Gasteiger partial charge in [-0.1, -0.05) is 0 Å². The van der Waals surface area contributed by atoms with Crippen molar-refractivity contribution in [1.29, 1.82) is 0 Å². The number of hydrogen-bond donors (Lipinski definition) is 0. The van der Waals surface area contributed by atoms with Gasteiger partial charge in [-0.2, -0.15) is 0 Å². The molecule has 0 saturated heterocycles. The molecule has 2 aromatic heterocycles. The molecule has 1 unspecified atom stereocenters. The molecule has 90 valence electrons. The Morgan fingerprint density at radius 2 is 2.12 bits per heavy atom. The van der Waals surface area contributed by atoms with Crippen molar-refractivity contribution in [2.45, 2.75) is 31.1 Å². The summed E-state index contributed by atoms with van der Waals surface area (Å²) in [6.07, 6.45) is 5.15. The van der Waals surface area contributed by atoms with Crippen molar-refractivity contribution in [3.63, 3.8) is 0 Å². The van der Waals surface area contributed by atoms with E-state index in [9.17, 15) is 0 Å². The molecule has 2 aromatic rings. The van der Waals surface area contributed by atoms with Gasteiger partial charge in [0.05, 0.1) is 0 Å². The third-order valence-corrected chi connectivity index (χ3v) is 7.09. The van der Waals surface area contributed by atoms with Crippen molar-refractivity contribution in [1.82, 2.24) is 0 Å². The van der Waals surface area contributed by atoms with Gasteiger partial charge in [0.2, 0.25) is 0 Å². The van der Waals surface area contributed by atoms with Crippen LogP contribution in [0.25, 0.3) is 0 Å². The molecule has 4 heteroatoms. The number of rotatable bonds is 2. The summed E-state index contributed by atoms with van der Waals surface area (Å²) in [5.74, 6) is 0. The molecule has 0 radical (unpaired) electrons. The van der Waals surface area contributed by atoms with E-state index in [-0.39, 0.29) is 5.38 Å². The largest absolute Gasteiger partial charge is 0.146 e. The van der Waals surface area contributed by atoms with Gasteiger partial charge < -0.3 is 0 Å². The molecule has 17 heavy (non-hydrogen) atoms. The summed E-state index contributed by atoms with van der Waals surface area (Å²) in [7, 11) is 0. The van der Waals surface area contributed by atoms with Crippen molar-refractivity contribution in [3.05, 3.63) is 42.2 Å². The lowest BCUT2D eigenvalue weighted by Crippen LogP contribution is -1.96. The summed E-state index contributed by atoms with van der Waals surface area (Å²) in [5.41, 5.74) is 1.54. The molecular weight excluding hydrogens is 336 g/mol. The smallest absolute Gasteiger partial charge is 0.103 e. The van der Waals surface area contributed by atoms with Crippen LogP contribution in [-0.4, -0.2) is 0 Å². The predicted molar refractivity (Wildman–Crippen MR) is 80.7 cm³/mol. The molecule has 0 bridgehead atoms. The van der Waals surface area contributed by atoms with Crippen LogP contribution >= 0.6 is 50.2 Å². The summed E-state index contributed by atoms with van der Waals surface area (Å²) in [6, 6.07) is 4.39. The first-order valence-corrected chi connectivity index (χ1v) is 8.66. The zero-order valence-electron chi connectivity index (χ0n) is 9.21. The Kier molecular flexibility index (Phi) is 3.62. The summed E-state index contributed by atoms with van der Waals surface area (Å²) >= 11 is 13.8. The van der Waals surface area contributed by atoms with Gasteiger partial charge in [-0.05, 0) is 64.7 Å². The highest BCUT2D eigenvalue weighted by Gasteiger charge is 2.21. The van der Waals surface area contributed by atoms with Gasteiger partial charge in [0.15, 0.2) is 0 Å². The Labute approximate surface area is 123 Å². The summed E-state index contributed by atoms with van der Waals surface area (Å²) in [5, 5.41) is 2.10. The van der Waals surface area contributed by atoms with Crippen LogP contribution in [0.1, 0.15) is 38.4 Å². The summed E-state index contributed by atoms with van der Waals surface area (Å²) < 4.78 is 1.13. The van der Waals surface area contributed by atoms with E-state index in [4.69, 9.17) is 11.6 Å². The molecule has 0 fully saturated rings. The fourth-order valence-electron chi connectivity index (χ4n) is 2.25. The van der Waals surface area contributed by atoms with Crippen molar-refractivity contribution in [2.75, 3.05) is 0 Å². The van der Waals surface area contributed by atoms with Crippen LogP contribution in [0.15, 0.2) is 22.0 Å². The van der Waals surface area contributed by atoms with Gasteiger partial charge in [0, 0.05) is 19.1 Å². The molecule has 0 N–H and O–H groups in total. The van der Waals surface area contributed by atoms with Crippen LogP contribution in [0.2, 0.25) is 0 Å². The topological polar surface area (TPSA) is 0 Å². The van der Waals surface area contributed by atoms with Crippen molar-refractivity contribution >= 4 is 50.2 Å². The SMILES string of the molecule is ClC(c1cc2c(s1)CCCC2)c1sccc1Br. The van der Waals surface area contributed by atoms with E-state index in [1.54, 1.807) is 16.2 Å². The van der Waals surface area contributed by atoms with Gasteiger partial charge in [0.1, 0.15) is 5.38 Å². The molecular formula is C13H12BrClS2. The number of hydrogen-bond acceptors (Lipinski definition) is 2. The summed E-state index contributed by atoms with van der Waals surface area (Å²) in [4.78, 5) is 4.09. The average Bonchev–Trinajstić information content (AvgIpc) is 2.93. The maximum Gasteiger partial charge on any atom is 0.103 e. The number of aryl methyl sites for hydroxylation is 2. The molecule has 0 aliphatic heterocycles. The maximum absolute atomic E-state index is 6.59. The van der Waals surface area contributed by atoms with Crippen LogP contribution in [0.3, 0.4) is 0 Å². The first kappa shape index (κ1) is 12.2. The molecule has 1 aliphatic carbocycles. The van der Waals surface area contributed by atoms with Crippen LogP contribution in [0.5, 0.6) is 0 Å². The second-order valence-corrected chi connectivity index (χ2v) is 7.71. The maximum atomic E-state index is 6.59. The third kappa shape index (κ3) is 2.35. The molecule has 2 heterocycles. The minimum absolute atomic E-state index is 0.0139. The third-order valence-electron chi connectivity index (χ3n) is 3.14. The second kappa shape index (κ2) is 5.04. The Balaban J connectivity index is 1.94. The molecule has 1 atom stereocenters. The quantitative estimate of drug-likeness (QED) is 0.604. The highest BCUT2D eigenvalue weighted by molar-refractivity contribution is 9.10. The standard InChI is InChI=1S/C13H12BrClS2/c14-9-5-6-16-13(9)12(15)11-7-8-3-1-2-4-10(8)17-11/h5-7,12H,1-4H2. The minimum Gasteiger partial charge on any atom is -0.146 e. The lowest BCUT2D eigenvalue weighted by molar-refractivity contribution is 0.697. The zero-order chi connectivity index (χ0) is 11.8. The molecule has 0 amide bonds. The molecule has 3 rings (SSSR count). The fraction of sp³-hybridized carbons (Fsp3) is 0.385. The van der Waals surface area contributed by atoms with Gasteiger partial charge >= 0.3 is 0 Å². The minimum atomic E-state index is 0.0139. The number of fused-ring (bicyclic) bond motifs is 1. The van der Waals surface area contributed by atoms with E-state index in [0.717, 1.165) is 4.47 Å².